The number of methoxy groups -OCH3 is 1. The summed E-state index contributed by atoms with van der Waals surface area (Å²) in [7, 11) is 1.70. The van der Waals surface area contributed by atoms with Gasteiger partial charge in [0.15, 0.2) is 0 Å². The monoisotopic (exact) mass is 220 g/mol. The van der Waals surface area contributed by atoms with E-state index in [9.17, 15) is 0 Å². The Labute approximate surface area is 97.4 Å². The molecule has 1 aromatic carbocycles. The average molecular weight is 220 g/mol. The molecule has 1 aliphatic rings. The fourth-order valence-corrected chi connectivity index (χ4v) is 2.17. The van der Waals surface area contributed by atoms with Gasteiger partial charge in [-0.3, -0.25) is 0 Å². The standard InChI is InChI=1S/C13H20N2O/c1-11-7-8-14-9-10-15(11)12-3-5-13(16-2)6-4-12/h3-6,11,14H,7-10H2,1-2H3. The van der Waals surface area contributed by atoms with E-state index >= 15 is 0 Å². The van der Waals surface area contributed by atoms with E-state index in [0.29, 0.717) is 6.04 Å². The normalized spacial score (nSPS) is 21.6. The van der Waals surface area contributed by atoms with E-state index in [1.54, 1.807) is 7.11 Å². The Balaban J connectivity index is 2.14. The van der Waals surface area contributed by atoms with E-state index in [1.807, 2.05) is 12.1 Å². The third kappa shape index (κ3) is 2.47. The maximum absolute atomic E-state index is 5.18. The molecule has 0 amide bonds. The van der Waals surface area contributed by atoms with Gasteiger partial charge in [0, 0.05) is 24.8 Å². The molecule has 0 bridgehead atoms. The second-order valence-electron chi connectivity index (χ2n) is 4.28. The van der Waals surface area contributed by atoms with Gasteiger partial charge in [-0.2, -0.15) is 0 Å². The van der Waals surface area contributed by atoms with Gasteiger partial charge >= 0.3 is 0 Å². The summed E-state index contributed by atoms with van der Waals surface area (Å²) in [6.07, 6.45) is 1.20. The summed E-state index contributed by atoms with van der Waals surface area (Å²) in [6, 6.07) is 8.94. The smallest absolute Gasteiger partial charge is 0.119 e. The molecule has 16 heavy (non-hydrogen) atoms. The zero-order chi connectivity index (χ0) is 11.4. The van der Waals surface area contributed by atoms with Crippen LogP contribution in [0.5, 0.6) is 5.75 Å². The molecule has 0 aliphatic carbocycles. The SMILES string of the molecule is COc1ccc(N2CCNCCC2C)cc1. The number of anilines is 1. The summed E-state index contributed by atoms with van der Waals surface area (Å²) < 4.78 is 5.18. The van der Waals surface area contributed by atoms with Gasteiger partial charge in [0.2, 0.25) is 0 Å². The molecule has 1 aliphatic heterocycles. The van der Waals surface area contributed by atoms with E-state index in [2.05, 4.69) is 29.3 Å². The van der Waals surface area contributed by atoms with Crippen molar-refractivity contribution < 1.29 is 4.74 Å². The van der Waals surface area contributed by atoms with Crippen molar-refractivity contribution in [2.24, 2.45) is 0 Å². The lowest BCUT2D eigenvalue weighted by atomic mass is 10.2. The Morgan fingerprint density at radius 1 is 1.25 bits per heavy atom. The molecular weight excluding hydrogens is 200 g/mol. The first-order chi connectivity index (χ1) is 7.81. The second-order valence-corrected chi connectivity index (χ2v) is 4.28. The predicted molar refractivity (Wildman–Crippen MR) is 67.3 cm³/mol. The fraction of sp³-hybridized carbons (Fsp3) is 0.538. The van der Waals surface area contributed by atoms with Crippen LogP contribution in [0, 0.1) is 0 Å². The summed E-state index contributed by atoms with van der Waals surface area (Å²) >= 11 is 0. The highest BCUT2D eigenvalue weighted by Gasteiger charge is 2.16. The van der Waals surface area contributed by atoms with Gasteiger partial charge in [-0.1, -0.05) is 0 Å². The van der Waals surface area contributed by atoms with Crippen LogP contribution < -0.4 is 15.0 Å². The molecule has 88 valence electrons. The molecule has 0 spiro atoms. The van der Waals surface area contributed by atoms with Crippen molar-refractivity contribution in [3.63, 3.8) is 0 Å². The number of benzene rings is 1. The van der Waals surface area contributed by atoms with E-state index in [1.165, 1.54) is 12.1 Å². The van der Waals surface area contributed by atoms with Gasteiger partial charge in [-0.15, -0.1) is 0 Å². The summed E-state index contributed by atoms with van der Waals surface area (Å²) in [6.45, 7) is 5.55. The highest BCUT2D eigenvalue weighted by atomic mass is 16.5. The Morgan fingerprint density at radius 2 is 2.00 bits per heavy atom. The third-order valence-corrected chi connectivity index (χ3v) is 3.20. The van der Waals surface area contributed by atoms with Gasteiger partial charge < -0.3 is 15.0 Å². The summed E-state index contributed by atoms with van der Waals surface area (Å²) in [5.41, 5.74) is 1.29. The first kappa shape index (κ1) is 11.3. The minimum absolute atomic E-state index is 0.600. The Morgan fingerprint density at radius 3 is 2.69 bits per heavy atom. The molecular formula is C13H20N2O. The van der Waals surface area contributed by atoms with Crippen molar-refractivity contribution in [1.29, 1.82) is 0 Å². The first-order valence-electron chi connectivity index (χ1n) is 5.92. The van der Waals surface area contributed by atoms with Crippen molar-refractivity contribution in [3.8, 4) is 5.75 Å². The van der Waals surface area contributed by atoms with Crippen molar-refractivity contribution in [2.45, 2.75) is 19.4 Å². The highest BCUT2D eigenvalue weighted by Crippen LogP contribution is 2.22. The van der Waals surface area contributed by atoms with Crippen LogP contribution in [-0.4, -0.2) is 32.8 Å². The molecule has 1 heterocycles. The highest BCUT2D eigenvalue weighted by molar-refractivity contribution is 5.50. The molecule has 1 saturated heterocycles. The molecule has 3 nitrogen and oxygen atoms in total. The Kier molecular flexibility index (Phi) is 3.67. The van der Waals surface area contributed by atoms with Crippen LogP contribution in [0.15, 0.2) is 24.3 Å². The average Bonchev–Trinajstić information content (AvgIpc) is 2.54. The van der Waals surface area contributed by atoms with Crippen molar-refractivity contribution >= 4 is 5.69 Å². The number of ether oxygens (including phenoxy) is 1. The van der Waals surface area contributed by atoms with Crippen LogP contribution in [0.2, 0.25) is 0 Å². The van der Waals surface area contributed by atoms with Gasteiger partial charge in [-0.05, 0) is 44.2 Å². The van der Waals surface area contributed by atoms with Crippen LogP contribution in [0.1, 0.15) is 13.3 Å². The lowest BCUT2D eigenvalue weighted by Gasteiger charge is -2.29. The molecule has 1 fully saturated rings. The topological polar surface area (TPSA) is 24.5 Å². The molecule has 1 N–H and O–H groups in total. The van der Waals surface area contributed by atoms with Gasteiger partial charge in [0.05, 0.1) is 7.11 Å². The van der Waals surface area contributed by atoms with Crippen LogP contribution in [0.25, 0.3) is 0 Å². The number of nitrogens with zero attached hydrogens (tertiary/aromatic N) is 1. The minimum Gasteiger partial charge on any atom is -0.497 e. The van der Waals surface area contributed by atoms with E-state index < -0.39 is 0 Å². The van der Waals surface area contributed by atoms with Crippen molar-refractivity contribution in [3.05, 3.63) is 24.3 Å². The summed E-state index contributed by atoms with van der Waals surface area (Å²) in [5.74, 6) is 0.921. The van der Waals surface area contributed by atoms with Crippen LogP contribution in [0.3, 0.4) is 0 Å². The Bertz CT molecular complexity index is 323. The predicted octanol–water partition coefficient (Wildman–Crippen LogP) is 1.88. The zero-order valence-corrected chi connectivity index (χ0v) is 10.1. The lowest BCUT2D eigenvalue weighted by Crippen LogP contribution is -2.34. The van der Waals surface area contributed by atoms with E-state index in [0.717, 1.165) is 25.4 Å². The second kappa shape index (κ2) is 5.21. The fourth-order valence-electron chi connectivity index (χ4n) is 2.17. The zero-order valence-electron chi connectivity index (χ0n) is 10.1. The Hall–Kier alpha value is -1.22. The van der Waals surface area contributed by atoms with Crippen LogP contribution in [-0.2, 0) is 0 Å². The molecule has 1 aromatic rings. The molecule has 2 rings (SSSR count). The molecule has 0 aromatic heterocycles. The summed E-state index contributed by atoms with van der Waals surface area (Å²) in [4.78, 5) is 2.46. The summed E-state index contributed by atoms with van der Waals surface area (Å²) in [5, 5.41) is 3.43. The molecule has 1 atom stereocenters. The molecule has 0 radical (unpaired) electrons. The number of rotatable bonds is 2. The van der Waals surface area contributed by atoms with Gasteiger partial charge in [0.1, 0.15) is 5.75 Å². The first-order valence-corrected chi connectivity index (χ1v) is 5.92. The van der Waals surface area contributed by atoms with Gasteiger partial charge in [0.25, 0.3) is 0 Å². The molecule has 3 heteroatoms. The van der Waals surface area contributed by atoms with E-state index in [4.69, 9.17) is 4.74 Å². The lowest BCUT2D eigenvalue weighted by molar-refractivity contribution is 0.415. The maximum Gasteiger partial charge on any atom is 0.119 e. The van der Waals surface area contributed by atoms with Crippen LogP contribution >= 0.6 is 0 Å². The number of hydrogen-bond acceptors (Lipinski definition) is 3. The largest absolute Gasteiger partial charge is 0.497 e. The van der Waals surface area contributed by atoms with E-state index in [-0.39, 0.29) is 0 Å². The molecule has 1 unspecified atom stereocenters. The third-order valence-electron chi connectivity index (χ3n) is 3.20. The minimum atomic E-state index is 0.600. The van der Waals surface area contributed by atoms with Gasteiger partial charge in [-0.25, -0.2) is 0 Å². The number of nitrogens with one attached hydrogen (secondary N) is 1. The number of hydrogen-bond donors (Lipinski definition) is 1. The quantitative estimate of drug-likeness (QED) is 0.823. The van der Waals surface area contributed by atoms with Crippen molar-refractivity contribution in [1.82, 2.24) is 5.32 Å². The maximum atomic E-state index is 5.18. The molecule has 0 saturated carbocycles. The van der Waals surface area contributed by atoms with Crippen LogP contribution in [0.4, 0.5) is 5.69 Å². The van der Waals surface area contributed by atoms with Crippen molar-refractivity contribution in [2.75, 3.05) is 31.6 Å².